The van der Waals surface area contributed by atoms with Crippen LogP contribution >= 0.6 is 0 Å². The predicted octanol–water partition coefficient (Wildman–Crippen LogP) is 1.17. The van der Waals surface area contributed by atoms with E-state index >= 15 is 0 Å². The quantitative estimate of drug-likeness (QED) is 0.735. The second-order valence-corrected chi connectivity index (χ2v) is 5.30. The fourth-order valence-electron chi connectivity index (χ4n) is 2.00. The van der Waals surface area contributed by atoms with Crippen LogP contribution in [0.25, 0.3) is 0 Å². The fourth-order valence-corrected chi connectivity index (χ4v) is 2.00. The Labute approximate surface area is 97.6 Å². The monoisotopic (exact) mass is 229 g/mol. The minimum atomic E-state index is -0.414. The van der Waals surface area contributed by atoms with Gasteiger partial charge in [-0.05, 0) is 46.6 Å². The molecule has 0 aromatic heterocycles. The summed E-state index contributed by atoms with van der Waals surface area (Å²) in [5.74, 6) is -0.122. The van der Waals surface area contributed by atoms with Crippen LogP contribution in [0.4, 0.5) is 0 Å². The van der Waals surface area contributed by atoms with E-state index in [0.717, 1.165) is 32.4 Å². The highest BCUT2D eigenvalue weighted by molar-refractivity contribution is 5.76. The predicted molar refractivity (Wildman–Crippen MR) is 62.1 cm³/mol. The first-order valence-electron chi connectivity index (χ1n) is 6.02. The molecule has 0 amide bonds. The summed E-state index contributed by atoms with van der Waals surface area (Å²) in [5.41, 5.74) is -0.414. The van der Waals surface area contributed by atoms with Gasteiger partial charge in [-0.2, -0.15) is 0 Å². The molecule has 0 bridgehead atoms. The molecule has 0 aliphatic carbocycles. The lowest BCUT2D eigenvalue weighted by molar-refractivity contribution is -0.160. The van der Waals surface area contributed by atoms with Gasteiger partial charge in [0.1, 0.15) is 11.6 Å². The molecule has 4 heteroatoms. The summed E-state index contributed by atoms with van der Waals surface area (Å²) in [6.45, 7) is 7.55. The number of rotatable bonds is 4. The lowest BCUT2D eigenvalue weighted by Crippen LogP contribution is -2.41. The zero-order valence-electron chi connectivity index (χ0n) is 10.5. The number of hydrogen-bond acceptors (Lipinski definition) is 4. The smallest absolute Gasteiger partial charge is 0.323 e. The first kappa shape index (κ1) is 13.5. The molecule has 0 radical (unpaired) electrons. The Kier molecular flexibility index (Phi) is 4.74. The van der Waals surface area contributed by atoms with Gasteiger partial charge in [0.15, 0.2) is 0 Å². The molecule has 1 saturated heterocycles. The average Bonchev–Trinajstić information content (AvgIpc) is 2.59. The van der Waals surface area contributed by atoms with Crippen molar-refractivity contribution in [2.45, 2.75) is 51.7 Å². The summed E-state index contributed by atoms with van der Waals surface area (Å²) in [6, 6.07) is -0.106. The van der Waals surface area contributed by atoms with Crippen molar-refractivity contribution in [1.29, 1.82) is 0 Å². The molecule has 16 heavy (non-hydrogen) atoms. The molecule has 1 aliphatic rings. The van der Waals surface area contributed by atoms with E-state index in [4.69, 9.17) is 9.84 Å². The second-order valence-electron chi connectivity index (χ2n) is 5.30. The number of aliphatic hydroxyl groups is 1. The van der Waals surface area contributed by atoms with E-state index in [1.165, 1.54) is 0 Å². The van der Waals surface area contributed by atoms with Crippen LogP contribution in [-0.2, 0) is 9.53 Å². The van der Waals surface area contributed by atoms with Gasteiger partial charge in [-0.3, -0.25) is 9.69 Å². The van der Waals surface area contributed by atoms with Crippen molar-refractivity contribution in [2.24, 2.45) is 0 Å². The van der Waals surface area contributed by atoms with E-state index in [1.54, 1.807) is 0 Å². The van der Waals surface area contributed by atoms with Crippen LogP contribution in [0.1, 0.15) is 40.0 Å². The molecule has 1 fully saturated rings. The van der Waals surface area contributed by atoms with Gasteiger partial charge in [-0.1, -0.05) is 0 Å². The molecule has 1 N–H and O–H groups in total. The largest absolute Gasteiger partial charge is 0.459 e. The Hall–Kier alpha value is -0.610. The van der Waals surface area contributed by atoms with Crippen LogP contribution in [0.3, 0.4) is 0 Å². The van der Waals surface area contributed by atoms with E-state index in [1.807, 2.05) is 20.8 Å². The Balaban J connectivity index is 2.47. The third-order valence-electron chi connectivity index (χ3n) is 2.65. The van der Waals surface area contributed by atoms with Crippen LogP contribution in [-0.4, -0.2) is 47.3 Å². The molecule has 1 unspecified atom stereocenters. The van der Waals surface area contributed by atoms with Gasteiger partial charge in [0, 0.05) is 13.2 Å². The molecule has 0 spiro atoms. The first-order chi connectivity index (χ1) is 7.44. The number of hydrogen-bond donors (Lipinski definition) is 1. The number of likely N-dealkylation sites (tertiary alicyclic amines) is 1. The van der Waals surface area contributed by atoms with Crippen LogP contribution in [0.2, 0.25) is 0 Å². The Morgan fingerprint density at radius 3 is 2.75 bits per heavy atom. The molecular weight excluding hydrogens is 206 g/mol. The molecule has 1 atom stereocenters. The lowest BCUT2D eigenvalue weighted by Gasteiger charge is -2.27. The number of carbonyl (C=O) groups excluding carboxylic acids is 1. The minimum absolute atomic E-state index is 0.106. The summed E-state index contributed by atoms with van der Waals surface area (Å²) < 4.78 is 5.39. The van der Waals surface area contributed by atoms with E-state index < -0.39 is 5.60 Å². The number of aliphatic hydroxyl groups excluding tert-OH is 1. The highest BCUT2D eigenvalue weighted by Crippen LogP contribution is 2.21. The van der Waals surface area contributed by atoms with Crippen LogP contribution < -0.4 is 0 Å². The van der Waals surface area contributed by atoms with Crippen molar-refractivity contribution in [3.8, 4) is 0 Å². The molecule has 4 nitrogen and oxygen atoms in total. The summed E-state index contributed by atoms with van der Waals surface area (Å²) in [4.78, 5) is 14.0. The Bertz CT molecular complexity index is 235. The fraction of sp³-hybridized carbons (Fsp3) is 0.917. The Morgan fingerprint density at radius 1 is 1.50 bits per heavy atom. The average molecular weight is 229 g/mol. The van der Waals surface area contributed by atoms with Crippen molar-refractivity contribution in [3.63, 3.8) is 0 Å². The lowest BCUT2D eigenvalue weighted by atomic mass is 10.1. The van der Waals surface area contributed by atoms with Crippen molar-refractivity contribution in [1.82, 2.24) is 4.90 Å². The molecule has 94 valence electrons. The molecule has 1 aliphatic heterocycles. The van der Waals surface area contributed by atoms with Crippen molar-refractivity contribution in [3.05, 3.63) is 0 Å². The molecule has 0 aromatic carbocycles. The molecule has 1 heterocycles. The third kappa shape index (κ3) is 4.10. The highest BCUT2D eigenvalue weighted by atomic mass is 16.6. The number of esters is 1. The van der Waals surface area contributed by atoms with Gasteiger partial charge >= 0.3 is 5.97 Å². The Morgan fingerprint density at radius 2 is 2.19 bits per heavy atom. The van der Waals surface area contributed by atoms with Gasteiger partial charge in [0.25, 0.3) is 0 Å². The molecule has 1 rings (SSSR count). The zero-order chi connectivity index (χ0) is 12.2. The van der Waals surface area contributed by atoms with Crippen molar-refractivity contribution < 1.29 is 14.6 Å². The maximum Gasteiger partial charge on any atom is 0.323 e. The van der Waals surface area contributed by atoms with Crippen LogP contribution in [0, 0.1) is 0 Å². The summed E-state index contributed by atoms with van der Waals surface area (Å²) in [5, 5.41) is 8.80. The van der Waals surface area contributed by atoms with Crippen molar-refractivity contribution in [2.75, 3.05) is 19.7 Å². The number of nitrogens with zero attached hydrogens (tertiary/aromatic N) is 1. The number of ether oxygens (including phenoxy) is 1. The maximum absolute atomic E-state index is 11.9. The van der Waals surface area contributed by atoms with Crippen LogP contribution in [0.5, 0.6) is 0 Å². The van der Waals surface area contributed by atoms with Gasteiger partial charge < -0.3 is 9.84 Å². The second kappa shape index (κ2) is 5.64. The van der Waals surface area contributed by atoms with Crippen LogP contribution in [0.15, 0.2) is 0 Å². The number of carbonyl (C=O) groups is 1. The molecular formula is C12H23NO3. The van der Waals surface area contributed by atoms with E-state index in [0.29, 0.717) is 0 Å². The van der Waals surface area contributed by atoms with Gasteiger partial charge in [0.05, 0.1) is 0 Å². The summed E-state index contributed by atoms with van der Waals surface area (Å²) in [7, 11) is 0. The normalized spacial score (nSPS) is 22.4. The van der Waals surface area contributed by atoms with E-state index in [-0.39, 0.29) is 18.6 Å². The van der Waals surface area contributed by atoms with E-state index in [9.17, 15) is 4.79 Å². The molecule has 0 saturated carbocycles. The van der Waals surface area contributed by atoms with Gasteiger partial charge in [-0.25, -0.2) is 0 Å². The van der Waals surface area contributed by atoms with E-state index in [2.05, 4.69) is 4.90 Å². The topological polar surface area (TPSA) is 49.8 Å². The SMILES string of the molecule is CC(C)(C)OC(=O)C1CCCN1CCCO. The summed E-state index contributed by atoms with van der Waals surface area (Å²) in [6.07, 6.45) is 2.63. The van der Waals surface area contributed by atoms with Gasteiger partial charge in [-0.15, -0.1) is 0 Å². The summed E-state index contributed by atoms with van der Waals surface area (Å²) >= 11 is 0. The standard InChI is InChI=1S/C12H23NO3/c1-12(2,3)16-11(15)10-6-4-7-13(10)8-5-9-14/h10,14H,4-9H2,1-3H3. The van der Waals surface area contributed by atoms with Crippen molar-refractivity contribution >= 4 is 5.97 Å². The third-order valence-corrected chi connectivity index (χ3v) is 2.65. The first-order valence-corrected chi connectivity index (χ1v) is 6.02. The molecule has 0 aromatic rings. The zero-order valence-corrected chi connectivity index (χ0v) is 10.5. The maximum atomic E-state index is 11.9. The minimum Gasteiger partial charge on any atom is -0.459 e. The highest BCUT2D eigenvalue weighted by Gasteiger charge is 2.33. The van der Waals surface area contributed by atoms with Gasteiger partial charge in [0.2, 0.25) is 0 Å².